The number of aromatic carboxylic acids is 2. The number of carbonyl (C=O) groups is 4. The molecule has 0 aromatic heterocycles. The fourth-order valence-corrected chi connectivity index (χ4v) is 4.62. The summed E-state index contributed by atoms with van der Waals surface area (Å²) in [5.41, 5.74) is 6.81. The lowest BCUT2D eigenvalue weighted by atomic mass is 9.88. The molecule has 0 aliphatic rings. The number of benzene rings is 5. The molecule has 0 fully saturated rings. The van der Waals surface area contributed by atoms with Gasteiger partial charge in [-0.3, -0.25) is 9.59 Å². The number of aldehydes is 2. The van der Waals surface area contributed by atoms with E-state index < -0.39 is 11.9 Å². The van der Waals surface area contributed by atoms with Crippen LogP contribution in [0, 0.1) is 0 Å². The third kappa shape index (κ3) is 5.19. The molecule has 6 heteroatoms. The predicted octanol–water partition coefficient (Wildman–Crippen LogP) is 7.38. The average Bonchev–Trinajstić information content (AvgIpc) is 3.00. The molecule has 40 heavy (non-hydrogen) atoms. The van der Waals surface area contributed by atoms with Gasteiger partial charge in [0.15, 0.2) is 0 Å². The van der Waals surface area contributed by atoms with E-state index in [9.17, 15) is 29.4 Å². The summed E-state index contributed by atoms with van der Waals surface area (Å²) in [5, 5.41) is 19.5. The molecule has 0 saturated carbocycles. The standard InChI is InChI=1S/C34H22O6/c35-19-21-1-5-23(6-2-21)25-9-13-27(14-10-25)29-17-31(33(37)38)32(34(39)40)18-30(29)28-15-11-26(12-16-28)24-7-3-22(20-36)4-8-24/h1-20H,(H,37,38)(H,39,40). The van der Waals surface area contributed by atoms with Crippen molar-refractivity contribution in [2.45, 2.75) is 0 Å². The summed E-state index contributed by atoms with van der Waals surface area (Å²) in [6.07, 6.45) is 1.57. The van der Waals surface area contributed by atoms with Crippen molar-refractivity contribution in [1.29, 1.82) is 0 Å². The van der Waals surface area contributed by atoms with Crippen LogP contribution < -0.4 is 0 Å². The largest absolute Gasteiger partial charge is 0.478 e. The summed E-state index contributed by atoms with van der Waals surface area (Å²) in [5.74, 6) is -2.66. The van der Waals surface area contributed by atoms with Gasteiger partial charge in [-0.2, -0.15) is 0 Å². The van der Waals surface area contributed by atoms with Crippen LogP contribution in [0.15, 0.2) is 109 Å². The first-order valence-corrected chi connectivity index (χ1v) is 12.3. The fourth-order valence-electron chi connectivity index (χ4n) is 4.62. The topological polar surface area (TPSA) is 109 Å². The minimum Gasteiger partial charge on any atom is -0.478 e. The van der Waals surface area contributed by atoms with Crippen LogP contribution in [0.5, 0.6) is 0 Å². The third-order valence-electron chi connectivity index (χ3n) is 6.77. The number of rotatable bonds is 8. The van der Waals surface area contributed by atoms with E-state index in [1.807, 2.05) is 72.8 Å². The lowest BCUT2D eigenvalue weighted by molar-refractivity contribution is 0.0651. The number of carboxylic acids is 2. The van der Waals surface area contributed by atoms with Crippen LogP contribution in [-0.2, 0) is 0 Å². The van der Waals surface area contributed by atoms with E-state index in [1.54, 1.807) is 24.3 Å². The highest BCUT2D eigenvalue weighted by atomic mass is 16.4. The first-order valence-electron chi connectivity index (χ1n) is 12.3. The SMILES string of the molecule is O=Cc1ccc(-c2ccc(-c3cc(C(=O)O)c(C(=O)O)cc3-c3ccc(-c4ccc(C=O)cc4)cc3)cc2)cc1. The van der Waals surface area contributed by atoms with E-state index >= 15 is 0 Å². The first-order chi connectivity index (χ1) is 19.4. The zero-order chi connectivity index (χ0) is 28.2. The van der Waals surface area contributed by atoms with Crippen LogP contribution >= 0.6 is 0 Å². The molecular formula is C34H22O6. The lowest BCUT2D eigenvalue weighted by Gasteiger charge is -2.15. The summed E-state index contributed by atoms with van der Waals surface area (Å²) in [6, 6.07) is 32.2. The van der Waals surface area contributed by atoms with Gasteiger partial charge in [-0.15, -0.1) is 0 Å². The number of carboxylic acid groups (broad SMARTS) is 2. The molecule has 0 heterocycles. The molecule has 5 aromatic carbocycles. The molecule has 0 aliphatic carbocycles. The average molecular weight is 527 g/mol. The summed E-state index contributed by atoms with van der Waals surface area (Å²) in [7, 11) is 0. The summed E-state index contributed by atoms with van der Waals surface area (Å²) in [6.45, 7) is 0. The molecule has 0 bridgehead atoms. The molecule has 0 amide bonds. The number of hydrogen-bond acceptors (Lipinski definition) is 4. The zero-order valence-corrected chi connectivity index (χ0v) is 21.1. The van der Waals surface area contributed by atoms with Gasteiger partial charge < -0.3 is 10.2 Å². The van der Waals surface area contributed by atoms with Crippen molar-refractivity contribution in [1.82, 2.24) is 0 Å². The van der Waals surface area contributed by atoms with Gasteiger partial charge in [0.25, 0.3) is 0 Å². The van der Waals surface area contributed by atoms with Crippen molar-refractivity contribution < 1.29 is 29.4 Å². The molecule has 0 atom stereocenters. The Hall–Kier alpha value is -5.62. The molecular weight excluding hydrogens is 504 g/mol. The monoisotopic (exact) mass is 526 g/mol. The molecule has 5 aromatic rings. The lowest BCUT2D eigenvalue weighted by Crippen LogP contribution is -2.09. The van der Waals surface area contributed by atoms with E-state index in [0.717, 1.165) is 46.0 Å². The summed E-state index contributed by atoms with van der Waals surface area (Å²) < 4.78 is 0. The second-order valence-electron chi connectivity index (χ2n) is 9.19. The van der Waals surface area contributed by atoms with Gasteiger partial charge in [-0.05, 0) is 56.6 Å². The predicted molar refractivity (Wildman–Crippen MR) is 153 cm³/mol. The van der Waals surface area contributed by atoms with Crippen LogP contribution in [0.25, 0.3) is 44.5 Å². The molecule has 6 nitrogen and oxygen atoms in total. The van der Waals surface area contributed by atoms with Crippen molar-refractivity contribution >= 4 is 24.5 Å². The molecule has 194 valence electrons. The van der Waals surface area contributed by atoms with Crippen LogP contribution in [0.4, 0.5) is 0 Å². The molecule has 0 unspecified atom stereocenters. The van der Waals surface area contributed by atoms with Gasteiger partial charge in [0.05, 0.1) is 11.1 Å². The maximum Gasteiger partial charge on any atom is 0.336 e. The smallest absolute Gasteiger partial charge is 0.336 e. The zero-order valence-electron chi connectivity index (χ0n) is 21.1. The Morgan fingerprint density at radius 3 is 0.925 bits per heavy atom. The van der Waals surface area contributed by atoms with E-state index in [0.29, 0.717) is 22.3 Å². The maximum absolute atomic E-state index is 12.0. The molecule has 0 spiro atoms. The summed E-state index contributed by atoms with van der Waals surface area (Å²) >= 11 is 0. The van der Waals surface area contributed by atoms with Gasteiger partial charge >= 0.3 is 11.9 Å². The Balaban J connectivity index is 1.59. The number of hydrogen-bond donors (Lipinski definition) is 2. The Labute approximate surface area is 229 Å². The van der Waals surface area contributed by atoms with E-state index in [4.69, 9.17) is 0 Å². The second kappa shape index (κ2) is 11.0. The molecule has 5 rings (SSSR count). The molecule has 0 radical (unpaired) electrons. The highest BCUT2D eigenvalue weighted by Crippen LogP contribution is 2.37. The van der Waals surface area contributed by atoms with Crippen molar-refractivity contribution in [2.75, 3.05) is 0 Å². The Morgan fingerprint density at radius 2 is 0.675 bits per heavy atom. The van der Waals surface area contributed by atoms with E-state index in [2.05, 4.69) is 0 Å². The normalized spacial score (nSPS) is 10.6. The number of carbonyl (C=O) groups excluding carboxylic acids is 2. The van der Waals surface area contributed by atoms with Crippen molar-refractivity contribution in [3.8, 4) is 44.5 Å². The van der Waals surface area contributed by atoms with Gasteiger partial charge in [0, 0.05) is 11.1 Å². The van der Waals surface area contributed by atoms with Crippen LogP contribution in [0.2, 0.25) is 0 Å². The first kappa shape index (κ1) is 26.0. The van der Waals surface area contributed by atoms with Crippen molar-refractivity contribution in [3.63, 3.8) is 0 Å². The van der Waals surface area contributed by atoms with Crippen LogP contribution in [0.3, 0.4) is 0 Å². The quantitative estimate of drug-likeness (QED) is 0.204. The van der Waals surface area contributed by atoms with Crippen LogP contribution in [-0.4, -0.2) is 34.7 Å². The Morgan fingerprint density at radius 1 is 0.425 bits per heavy atom. The van der Waals surface area contributed by atoms with E-state index in [1.165, 1.54) is 12.1 Å². The Kier molecular flexibility index (Phi) is 7.16. The maximum atomic E-state index is 12.0. The minimum atomic E-state index is -1.33. The van der Waals surface area contributed by atoms with Crippen molar-refractivity contribution in [3.05, 3.63) is 131 Å². The van der Waals surface area contributed by atoms with Crippen molar-refractivity contribution in [2.24, 2.45) is 0 Å². The van der Waals surface area contributed by atoms with Crippen LogP contribution in [0.1, 0.15) is 41.4 Å². The fraction of sp³-hybridized carbons (Fsp3) is 0. The van der Waals surface area contributed by atoms with Gasteiger partial charge in [0.1, 0.15) is 12.6 Å². The summed E-state index contributed by atoms with van der Waals surface area (Å²) in [4.78, 5) is 45.9. The third-order valence-corrected chi connectivity index (χ3v) is 6.77. The van der Waals surface area contributed by atoms with Gasteiger partial charge in [-0.1, -0.05) is 97.1 Å². The van der Waals surface area contributed by atoms with E-state index in [-0.39, 0.29) is 11.1 Å². The molecule has 0 aliphatic heterocycles. The minimum absolute atomic E-state index is 0.299. The molecule has 0 saturated heterocycles. The Bertz CT molecular complexity index is 1600. The van der Waals surface area contributed by atoms with Gasteiger partial charge in [0.2, 0.25) is 0 Å². The highest BCUT2D eigenvalue weighted by Gasteiger charge is 2.21. The highest BCUT2D eigenvalue weighted by molar-refractivity contribution is 6.05. The molecule has 2 N–H and O–H groups in total. The second-order valence-corrected chi connectivity index (χ2v) is 9.19. The van der Waals surface area contributed by atoms with Gasteiger partial charge in [-0.25, -0.2) is 9.59 Å².